The van der Waals surface area contributed by atoms with Gasteiger partial charge in [-0.25, -0.2) is 0 Å². The third-order valence-corrected chi connectivity index (χ3v) is 5.02. The summed E-state index contributed by atoms with van der Waals surface area (Å²) in [6.45, 7) is 5.78. The SMILES string of the molecule is NCC(CCc1ccccc1)N1CCN2CCCC2C1. The van der Waals surface area contributed by atoms with E-state index in [1.807, 2.05) is 0 Å². The monoisotopic (exact) mass is 273 g/mol. The van der Waals surface area contributed by atoms with Crippen LogP contribution in [0.1, 0.15) is 24.8 Å². The molecule has 1 aromatic carbocycles. The van der Waals surface area contributed by atoms with Crippen LogP contribution in [0.5, 0.6) is 0 Å². The number of benzene rings is 1. The summed E-state index contributed by atoms with van der Waals surface area (Å²) in [6, 6.07) is 12.1. The molecule has 1 aromatic rings. The van der Waals surface area contributed by atoms with Gasteiger partial charge in [-0.2, -0.15) is 0 Å². The molecule has 0 bridgehead atoms. The molecule has 0 radical (unpaired) electrons. The minimum atomic E-state index is 0.554. The first-order valence-corrected chi connectivity index (χ1v) is 8.09. The molecule has 0 aliphatic carbocycles. The quantitative estimate of drug-likeness (QED) is 0.887. The molecule has 3 rings (SSSR count). The van der Waals surface area contributed by atoms with Gasteiger partial charge in [-0.05, 0) is 37.8 Å². The van der Waals surface area contributed by atoms with E-state index in [1.54, 1.807) is 0 Å². The van der Waals surface area contributed by atoms with Crippen LogP contribution in [0.4, 0.5) is 0 Å². The molecule has 2 fully saturated rings. The summed E-state index contributed by atoms with van der Waals surface area (Å²) < 4.78 is 0. The van der Waals surface area contributed by atoms with Gasteiger partial charge in [-0.3, -0.25) is 9.80 Å². The van der Waals surface area contributed by atoms with Gasteiger partial charge in [0.2, 0.25) is 0 Å². The number of piperazine rings is 1. The molecular weight excluding hydrogens is 246 g/mol. The highest BCUT2D eigenvalue weighted by Gasteiger charge is 2.32. The van der Waals surface area contributed by atoms with Crippen molar-refractivity contribution in [3.8, 4) is 0 Å². The fourth-order valence-corrected chi connectivity index (χ4v) is 3.77. The van der Waals surface area contributed by atoms with Crippen LogP contribution in [-0.2, 0) is 6.42 Å². The summed E-state index contributed by atoms with van der Waals surface area (Å²) in [5.74, 6) is 0. The van der Waals surface area contributed by atoms with Crippen LogP contribution in [0.25, 0.3) is 0 Å². The maximum atomic E-state index is 6.05. The first-order valence-electron chi connectivity index (χ1n) is 8.09. The summed E-state index contributed by atoms with van der Waals surface area (Å²) in [7, 11) is 0. The Balaban J connectivity index is 1.54. The summed E-state index contributed by atoms with van der Waals surface area (Å²) >= 11 is 0. The third-order valence-electron chi connectivity index (χ3n) is 5.02. The Labute approximate surface area is 122 Å². The molecule has 2 aliphatic heterocycles. The van der Waals surface area contributed by atoms with E-state index in [0.29, 0.717) is 6.04 Å². The number of hydrogen-bond donors (Lipinski definition) is 1. The van der Waals surface area contributed by atoms with E-state index >= 15 is 0 Å². The van der Waals surface area contributed by atoms with Crippen LogP contribution in [-0.4, -0.2) is 54.6 Å². The zero-order valence-electron chi connectivity index (χ0n) is 12.4. The maximum Gasteiger partial charge on any atom is 0.0224 e. The minimum Gasteiger partial charge on any atom is -0.329 e. The molecule has 2 heterocycles. The summed E-state index contributed by atoms with van der Waals surface area (Å²) in [4.78, 5) is 5.32. The van der Waals surface area contributed by atoms with Gasteiger partial charge in [0.25, 0.3) is 0 Å². The van der Waals surface area contributed by atoms with E-state index in [-0.39, 0.29) is 0 Å². The molecule has 2 saturated heterocycles. The number of hydrogen-bond acceptors (Lipinski definition) is 3. The fourth-order valence-electron chi connectivity index (χ4n) is 3.77. The molecule has 0 aromatic heterocycles. The van der Waals surface area contributed by atoms with E-state index in [4.69, 9.17) is 5.73 Å². The topological polar surface area (TPSA) is 32.5 Å². The lowest BCUT2D eigenvalue weighted by molar-refractivity contribution is 0.0710. The molecule has 2 unspecified atom stereocenters. The molecule has 0 spiro atoms. The highest BCUT2D eigenvalue weighted by Crippen LogP contribution is 2.23. The van der Waals surface area contributed by atoms with Crippen molar-refractivity contribution in [1.29, 1.82) is 0 Å². The number of aryl methyl sites for hydroxylation is 1. The smallest absolute Gasteiger partial charge is 0.0224 e. The van der Waals surface area contributed by atoms with Crippen LogP contribution in [0, 0.1) is 0 Å². The lowest BCUT2D eigenvalue weighted by atomic mass is 10.0. The standard InChI is InChI=1S/C17H27N3/c18-13-16(9-8-15-5-2-1-3-6-15)20-12-11-19-10-4-7-17(19)14-20/h1-3,5-6,16-17H,4,7-14,18H2. The molecule has 0 amide bonds. The molecule has 3 heteroatoms. The second kappa shape index (κ2) is 6.70. The normalized spacial score (nSPS) is 25.6. The van der Waals surface area contributed by atoms with Crippen molar-refractivity contribution in [2.45, 2.75) is 37.8 Å². The Hall–Kier alpha value is -0.900. The predicted molar refractivity (Wildman–Crippen MR) is 83.8 cm³/mol. The lowest BCUT2D eigenvalue weighted by Gasteiger charge is -2.41. The lowest BCUT2D eigenvalue weighted by Crippen LogP contribution is -2.55. The highest BCUT2D eigenvalue weighted by molar-refractivity contribution is 5.14. The zero-order valence-corrected chi connectivity index (χ0v) is 12.4. The van der Waals surface area contributed by atoms with Crippen molar-refractivity contribution in [2.75, 3.05) is 32.7 Å². The van der Waals surface area contributed by atoms with Crippen molar-refractivity contribution in [2.24, 2.45) is 5.73 Å². The predicted octanol–water partition coefficient (Wildman–Crippen LogP) is 1.73. The molecular formula is C17H27N3. The van der Waals surface area contributed by atoms with Crippen LogP contribution in [0.2, 0.25) is 0 Å². The third kappa shape index (κ3) is 3.22. The van der Waals surface area contributed by atoms with Gasteiger partial charge < -0.3 is 5.73 Å². The summed E-state index contributed by atoms with van der Waals surface area (Å²) in [5, 5.41) is 0. The van der Waals surface area contributed by atoms with E-state index in [2.05, 4.69) is 40.1 Å². The number of rotatable bonds is 5. The van der Waals surface area contributed by atoms with E-state index in [0.717, 1.165) is 19.0 Å². The second-order valence-electron chi connectivity index (χ2n) is 6.24. The van der Waals surface area contributed by atoms with Crippen molar-refractivity contribution in [3.63, 3.8) is 0 Å². The van der Waals surface area contributed by atoms with Gasteiger partial charge in [-0.15, -0.1) is 0 Å². The molecule has 2 aliphatic rings. The molecule has 110 valence electrons. The first-order chi connectivity index (χ1) is 9.86. The minimum absolute atomic E-state index is 0.554. The Bertz CT molecular complexity index is 406. The van der Waals surface area contributed by atoms with Crippen LogP contribution in [0.15, 0.2) is 30.3 Å². The van der Waals surface area contributed by atoms with Crippen LogP contribution in [0.3, 0.4) is 0 Å². The van der Waals surface area contributed by atoms with Crippen molar-refractivity contribution < 1.29 is 0 Å². The van der Waals surface area contributed by atoms with Crippen molar-refractivity contribution in [3.05, 3.63) is 35.9 Å². The summed E-state index contributed by atoms with van der Waals surface area (Å²) in [5.41, 5.74) is 7.49. The van der Waals surface area contributed by atoms with E-state index < -0.39 is 0 Å². The van der Waals surface area contributed by atoms with Gasteiger partial charge in [0.05, 0.1) is 0 Å². The highest BCUT2D eigenvalue weighted by atomic mass is 15.3. The summed E-state index contributed by atoms with van der Waals surface area (Å²) in [6.07, 6.45) is 5.10. The Kier molecular flexibility index (Phi) is 4.71. The van der Waals surface area contributed by atoms with Gasteiger partial charge in [0, 0.05) is 38.3 Å². The van der Waals surface area contributed by atoms with Crippen molar-refractivity contribution in [1.82, 2.24) is 9.80 Å². The average molecular weight is 273 g/mol. The molecule has 3 nitrogen and oxygen atoms in total. The number of nitrogens with two attached hydrogens (primary N) is 1. The maximum absolute atomic E-state index is 6.05. The average Bonchev–Trinajstić information content (AvgIpc) is 2.96. The molecule has 2 N–H and O–H groups in total. The van der Waals surface area contributed by atoms with Gasteiger partial charge >= 0.3 is 0 Å². The Morgan fingerprint density at radius 2 is 2.00 bits per heavy atom. The Morgan fingerprint density at radius 3 is 2.80 bits per heavy atom. The fraction of sp³-hybridized carbons (Fsp3) is 0.647. The van der Waals surface area contributed by atoms with Gasteiger partial charge in [0.15, 0.2) is 0 Å². The van der Waals surface area contributed by atoms with Crippen molar-refractivity contribution >= 4 is 0 Å². The van der Waals surface area contributed by atoms with Crippen LogP contribution >= 0.6 is 0 Å². The zero-order chi connectivity index (χ0) is 13.8. The Morgan fingerprint density at radius 1 is 1.15 bits per heavy atom. The largest absolute Gasteiger partial charge is 0.329 e. The second-order valence-corrected chi connectivity index (χ2v) is 6.24. The van der Waals surface area contributed by atoms with Gasteiger partial charge in [0.1, 0.15) is 0 Å². The van der Waals surface area contributed by atoms with E-state index in [1.165, 1.54) is 51.0 Å². The van der Waals surface area contributed by atoms with Gasteiger partial charge in [-0.1, -0.05) is 30.3 Å². The number of nitrogens with zero attached hydrogens (tertiary/aromatic N) is 2. The number of fused-ring (bicyclic) bond motifs is 1. The van der Waals surface area contributed by atoms with Crippen LogP contribution < -0.4 is 5.73 Å². The molecule has 20 heavy (non-hydrogen) atoms. The first kappa shape index (κ1) is 14.1. The van der Waals surface area contributed by atoms with E-state index in [9.17, 15) is 0 Å². The molecule has 2 atom stereocenters. The molecule has 0 saturated carbocycles.